The number of hydrogen-bond donors (Lipinski definition) is 1. The first-order valence-corrected chi connectivity index (χ1v) is 9.04. The quantitative estimate of drug-likeness (QED) is 0.906. The van der Waals surface area contributed by atoms with Gasteiger partial charge in [-0.2, -0.15) is 0 Å². The molecule has 0 bridgehead atoms. The summed E-state index contributed by atoms with van der Waals surface area (Å²) in [6, 6.07) is 5.87. The van der Waals surface area contributed by atoms with Crippen molar-refractivity contribution in [2.45, 2.75) is 24.3 Å². The number of nitrogens with zero attached hydrogens (tertiary/aromatic N) is 2. The Morgan fingerprint density at radius 3 is 3.20 bits per heavy atom. The van der Waals surface area contributed by atoms with Crippen LogP contribution in [0.15, 0.2) is 33.8 Å². The highest BCUT2D eigenvalue weighted by Crippen LogP contribution is 2.39. The van der Waals surface area contributed by atoms with Crippen molar-refractivity contribution in [2.24, 2.45) is 0 Å². The molecule has 0 aliphatic carbocycles. The van der Waals surface area contributed by atoms with Crippen LogP contribution in [0.5, 0.6) is 0 Å². The molecule has 1 N–H and O–H groups in total. The van der Waals surface area contributed by atoms with Crippen LogP contribution in [0.3, 0.4) is 0 Å². The van der Waals surface area contributed by atoms with Gasteiger partial charge in [0.05, 0.1) is 24.2 Å². The number of nitrogens with one attached hydrogen (secondary N) is 1. The van der Waals surface area contributed by atoms with Crippen molar-refractivity contribution < 1.29 is 18.8 Å². The van der Waals surface area contributed by atoms with Crippen LogP contribution in [0.2, 0.25) is 0 Å². The predicted octanol–water partition coefficient (Wildman–Crippen LogP) is 2.45. The lowest BCUT2D eigenvalue weighted by molar-refractivity contribution is -0.119. The molecule has 0 radical (unpaired) electrons. The van der Waals surface area contributed by atoms with Crippen LogP contribution < -0.4 is 10.2 Å². The number of benzene rings is 1. The lowest BCUT2D eigenvalue weighted by Gasteiger charge is -2.15. The molecule has 2 aliphatic rings. The summed E-state index contributed by atoms with van der Waals surface area (Å²) in [7, 11) is 0. The molecule has 0 saturated carbocycles. The van der Waals surface area contributed by atoms with E-state index in [1.165, 1.54) is 6.92 Å². The number of carbonyl (C=O) groups excluding carboxylic acids is 2. The minimum atomic E-state index is -0.390. The third kappa shape index (κ3) is 3.09. The molecule has 8 heteroatoms. The van der Waals surface area contributed by atoms with E-state index in [-0.39, 0.29) is 12.0 Å². The Hall–Kier alpha value is -2.48. The van der Waals surface area contributed by atoms with Crippen LogP contribution in [0.25, 0.3) is 11.3 Å². The monoisotopic (exact) mass is 359 g/mol. The highest BCUT2D eigenvalue weighted by atomic mass is 32.2. The molecule has 2 amide bonds. The van der Waals surface area contributed by atoms with E-state index in [1.807, 2.05) is 18.2 Å². The van der Waals surface area contributed by atoms with Crippen molar-refractivity contribution in [3.63, 3.8) is 0 Å². The zero-order valence-electron chi connectivity index (χ0n) is 13.7. The van der Waals surface area contributed by atoms with E-state index in [4.69, 9.17) is 9.26 Å². The number of anilines is 1. The van der Waals surface area contributed by atoms with Gasteiger partial charge in [-0.1, -0.05) is 5.16 Å². The molecule has 3 heterocycles. The van der Waals surface area contributed by atoms with Crippen LogP contribution >= 0.6 is 11.8 Å². The SMILES string of the molecule is CC(=O)NC[C@H]1CN(c2ccc3c(c2)CCSc2cnoc2-3)C(=O)O1. The fourth-order valence-electron chi connectivity index (χ4n) is 3.06. The molecule has 2 aliphatic heterocycles. The number of amides is 2. The van der Waals surface area contributed by atoms with E-state index in [2.05, 4.69) is 10.5 Å². The summed E-state index contributed by atoms with van der Waals surface area (Å²) in [5.41, 5.74) is 2.93. The molecular formula is C17H17N3O4S. The predicted molar refractivity (Wildman–Crippen MR) is 92.7 cm³/mol. The molecule has 1 atom stereocenters. The first-order chi connectivity index (χ1) is 12.1. The molecule has 130 valence electrons. The second-order valence-electron chi connectivity index (χ2n) is 6.01. The number of rotatable bonds is 3. The average molecular weight is 359 g/mol. The van der Waals surface area contributed by atoms with Crippen molar-refractivity contribution in [1.82, 2.24) is 10.5 Å². The Morgan fingerprint density at radius 1 is 1.48 bits per heavy atom. The molecule has 2 aromatic rings. The minimum Gasteiger partial charge on any atom is -0.442 e. The zero-order chi connectivity index (χ0) is 17.4. The van der Waals surface area contributed by atoms with Crippen molar-refractivity contribution >= 4 is 29.4 Å². The third-order valence-corrected chi connectivity index (χ3v) is 5.27. The van der Waals surface area contributed by atoms with Gasteiger partial charge in [0.25, 0.3) is 0 Å². The summed E-state index contributed by atoms with van der Waals surface area (Å²) >= 11 is 1.72. The number of cyclic esters (lactones) is 1. The number of thioether (sulfide) groups is 1. The maximum Gasteiger partial charge on any atom is 0.414 e. The smallest absolute Gasteiger partial charge is 0.414 e. The first kappa shape index (κ1) is 16.0. The van der Waals surface area contributed by atoms with E-state index >= 15 is 0 Å². The first-order valence-electron chi connectivity index (χ1n) is 8.05. The second kappa shape index (κ2) is 6.44. The topological polar surface area (TPSA) is 84.7 Å². The molecule has 1 saturated heterocycles. The van der Waals surface area contributed by atoms with Crippen LogP contribution in [0.1, 0.15) is 12.5 Å². The van der Waals surface area contributed by atoms with E-state index in [0.29, 0.717) is 13.1 Å². The summed E-state index contributed by atoms with van der Waals surface area (Å²) < 4.78 is 10.7. The molecule has 0 spiro atoms. The summed E-state index contributed by atoms with van der Waals surface area (Å²) in [6.45, 7) is 2.18. The molecule has 1 aromatic heterocycles. The van der Waals surface area contributed by atoms with Crippen molar-refractivity contribution in [2.75, 3.05) is 23.7 Å². The maximum atomic E-state index is 12.2. The molecule has 4 rings (SSSR count). The fourth-order valence-corrected chi connectivity index (χ4v) is 4.00. The van der Waals surface area contributed by atoms with E-state index < -0.39 is 6.09 Å². The summed E-state index contributed by atoms with van der Waals surface area (Å²) in [6.07, 6.45) is 1.90. The molecular weight excluding hydrogens is 342 g/mol. The highest BCUT2D eigenvalue weighted by molar-refractivity contribution is 7.99. The number of aromatic nitrogens is 1. The van der Waals surface area contributed by atoms with Crippen LogP contribution in [0.4, 0.5) is 10.5 Å². The molecule has 1 aromatic carbocycles. The zero-order valence-corrected chi connectivity index (χ0v) is 14.5. The van der Waals surface area contributed by atoms with Crippen molar-refractivity contribution in [3.05, 3.63) is 30.0 Å². The normalized spacial score (nSPS) is 19.0. The summed E-state index contributed by atoms with van der Waals surface area (Å²) in [4.78, 5) is 25.9. The number of ether oxygens (including phenoxy) is 1. The molecule has 0 unspecified atom stereocenters. The largest absolute Gasteiger partial charge is 0.442 e. The average Bonchev–Trinajstić information content (AvgIpc) is 3.15. The number of fused-ring (bicyclic) bond motifs is 3. The standard InChI is InChI=1S/C17H17N3O4S/c1-10(21)18-7-13-9-20(17(22)23-13)12-2-3-14-11(6-12)4-5-25-15-8-19-24-16(14)15/h2-3,6,8,13H,4-5,7,9H2,1H3,(H,18,21)/t13-/m0/s1. The Bertz CT molecular complexity index is 835. The van der Waals surface area contributed by atoms with E-state index in [0.717, 1.165) is 39.6 Å². The van der Waals surface area contributed by atoms with Gasteiger partial charge in [-0.05, 0) is 30.2 Å². The number of aryl methyl sites for hydroxylation is 1. The van der Waals surface area contributed by atoms with Gasteiger partial charge in [0, 0.05) is 23.9 Å². The maximum absolute atomic E-state index is 12.2. The Labute approximate surface area is 148 Å². The second-order valence-corrected chi connectivity index (χ2v) is 7.15. The fraction of sp³-hybridized carbons (Fsp3) is 0.353. The van der Waals surface area contributed by atoms with Crippen LogP contribution in [-0.4, -0.2) is 42.1 Å². The Morgan fingerprint density at radius 2 is 2.36 bits per heavy atom. The van der Waals surface area contributed by atoms with Gasteiger partial charge in [-0.25, -0.2) is 4.79 Å². The van der Waals surface area contributed by atoms with Crippen molar-refractivity contribution in [3.8, 4) is 11.3 Å². The molecule has 7 nitrogen and oxygen atoms in total. The Balaban J connectivity index is 1.58. The Kier molecular flexibility index (Phi) is 4.12. The van der Waals surface area contributed by atoms with Gasteiger partial charge >= 0.3 is 6.09 Å². The minimum absolute atomic E-state index is 0.139. The van der Waals surface area contributed by atoms with Crippen LogP contribution in [0, 0.1) is 0 Å². The van der Waals surface area contributed by atoms with Gasteiger partial charge in [0.15, 0.2) is 5.76 Å². The summed E-state index contributed by atoms with van der Waals surface area (Å²) in [5.74, 6) is 1.58. The van der Waals surface area contributed by atoms with Crippen LogP contribution in [-0.2, 0) is 16.0 Å². The van der Waals surface area contributed by atoms with Gasteiger partial charge in [-0.15, -0.1) is 11.8 Å². The van der Waals surface area contributed by atoms with Gasteiger partial charge in [0.2, 0.25) is 5.91 Å². The van der Waals surface area contributed by atoms with Gasteiger partial charge < -0.3 is 14.6 Å². The van der Waals surface area contributed by atoms with E-state index in [1.54, 1.807) is 22.9 Å². The molecule has 25 heavy (non-hydrogen) atoms. The molecule has 1 fully saturated rings. The highest BCUT2D eigenvalue weighted by Gasteiger charge is 2.33. The van der Waals surface area contributed by atoms with Gasteiger partial charge in [0.1, 0.15) is 6.10 Å². The third-order valence-electron chi connectivity index (χ3n) is 4.26. The summed E-state index contributed by atoms with van der Waals surface area (Å²) in [5, 5.41) is 6.57. The lowest BCUT2D eigenvalue weighted by atomic mass is 10.0. The number of carbonyl (C=O) groups is 2. The lowest BCUT2D eigenvalue weighted by Crippen LogP contribution is -2.33. The van der Waals surface area contributed by atoms with Crippen molar-refractivity contribution in [1.29, 1.82) is 0 Å². The van der Waals surface area contributed by atoms with Gasteiger partial charge in [-0.3, -0.25) is 9.69 Å². The number of hydrogen-bond acceptors (Lipinski definition) is 6. The van der Waals surface area contributed by atoms with E-state index in [9.17, 15) is 9.59 Å².